The molecule has 2 fully saturated rings. The van der Waals surface area contributed by atoms with Gasteiger partial charge in [-0.25, -0.2) is 9.59 Å². The molecule has 1 N–H and O–H groups in total. The molecule has 2 aromatic rings. The molecule has 9 nitrogen and oxygen atoms in total. The van der Waals surface area contributed by atoms with E-state index in [-0.39, 0.29) is 34.7 Å². The predicted molar refractivity (Wildman–Crippen MR) is 136 cm³/mol. The van der Waals surface area contributed by atoms with E-state index in [1.807, 2.05) is 0 Å². The molecule has 1 aliphatic carbocycles. The summed E-state index contributed by atoms with van der Waals surface area (Å²) in [7, 11) is 0. The lowest BCUT2D eigenvalue weighted by molar-refractivity contribution is -0.122. The molecule has 4 rings (SSSR count). The van der Waals surface area contributed by atoms with E-state index < -0.39 is 36.3 Å². The number of carbonyl (C=O) groups is 5. The van der Waals surface area contributed by atoms with Crippen molar-refractivity contribution in [1.29, 1.82) is 0 Å². The molecule has 0 unspecified atom stereocenters. The number of nitrogens with one attached hydrogen (secondary N) is 1. The number of alkyl halides is 2. The highest BCUT2D eigenvalue weighted by Gasteiger charge is 2.52. The normalized spacial score (nSPS) is 22.8. The summed E-state index contributed by atoms with van der Waals surface area (Å²) >= 11 is 12.4. The molecule has 2 aromatic carbocycles. The smallest absolute Gasteiger partial charge is 0.338 e. The van der Waals surface area contributed by atoms with Crippen LogP contribution in [0, 0.1) is 11.8 Å². The molecule has 1 heterocycles. The molecule has 11 heteroatoms. The first kappa shape index (κ1) is 26.6. The number of nitrogens with zero attached hydrogens (tertiary/aromatic N) is 1. The first-order valence-electron chi connectivity index (χ1n) is 11.7. The second-order valence-corrected chi connectivity index (χ2v) is 9.82. The molecule has 194 valence electrons. The van der Waals surface area contributed by atoms with E-state index in [1.54, 1.807) is 6.92 Å². The van der Waals surface area contributed by atoms with Gasteiger partial charge in [-0.05, 0) is 68.3 Å². The van der Waals surface area contributed by atoms with Crippen molar-refractivity contribution >= 4 is 64.2 Å². The Labute approximate surface area is 223 Å². The lowest BCUT2D eigenvalue weighted by Crippen LogP contribution is -2.34. The van der Waals surface area contributed by atoms with Crippen LogP contribution in [-0.2, 0) is 23.9 Å². The minimum Gasteiger partial charge on any atom is -0.462 e. The number of hydrogen-bond acceptors (Lipinski definition) is 7. The van der Waals surface area contributed by atoms with Gasteiger partial charge in [-0.3, -0.25) is 19.3 Å². The Kier molecular flexibility index (Phi) is 8.14. The molecule has 0 aromatic heterocycles. The van der Waals surface area contributed by atoms with E-state index >= 15 is 0 Å². The van der Waals surface area contributed by atoms with Crippen LogP contribution in [0.15, 0.2) is 48.5 Å². The third-order valence-corrected chi connectivity index (χ3v) is 7.38. The number of halogens is 2. The van der Waals surface area contributed by atoms with Crippen LogP contribution >= 0.6 is 23.2 Å². The number of benzene rings is 2. The van der Waals surface area contributed by atoms with Crippen molar-refractivity contribution in [2.45, 2.75) is 30.5 Å². The van der Waals surface area contributed by atoms with Crippen LogP contribution in [0.3, 0.4) is 0 Å². The van der Waals surface area contributed by atoms with Gasteiger partial charge < -0.3 is 14.8 Å². The Bertz CT molecular complexity index is 1190. The minimum absolute atomic E-state index is 0.147. The second-order valence-electron chi connectivity index (χ2n) is 8.70. The fourth-order valence-corrected chi connectivity index (χ4v) is 5.00. The number of amides is 3. The Morgan fingerprint density at radius 2 is 1.32 bits per heavy atom. The number of rotatable bonds is 7. The van der Waals surface area contributed by atoms with E-state index in [4.69, 9.17) is 32.7 Å². The highest BCUT2D eigenvalue weighted by atomic mass is 35.5. The summed E-state index contributed by atoms with van der Waals surface area (Å²) in [6, 6.07) is 11.9. The molecule has 1 saturated carbocycles. The van der Waals surface area contributed by atoms with Crippen LogP contribution in [0.1, 0.15) is 40.5 Å². The molecule has 1 aliphatic heterocycles. The van der Waals surface area contributed by atoms with Gasteiger partial charge in [0.1, 0.15) is 0 Å². The summed E-state index contributed by atoms with van der Waals surface area (Å²) < 4.78 is 9.97. The van der Waals surface area contributed by atoms with Gasteiger partial charge in [0, 0.05) is 5.69 Å². The Morgan fingerprint density at radius 1 is 0.838 bits per heavy atom. The van der Waals surface area contributed by atoms with Crippen molar-refractivity contribution in [3.8, 4) is 0 Å². The van der Waals surface area contributed by atoms with Gasteiger partial charge in [-0.15, -0.1) is 23.2 Å². The standard InChI is InChI=1S/C26H24Cl2N2O7/c1-2-36-25(34)14-3-7-16(8-4-14)29-22(31)13-37-26(35)15-5-9-17(10-6-15)30-23(32)18-11-20(27)21(28)12-19(18)24(30)33/h3-10,18-21H,2,11-13H2,1H3,(H,29,31)/t18-,19+,20-,21-/m0/s1. The van der Waals surface area contributed by atoms with E-state index in [0.717, 1.165) is 4.90 Å². The summed E-state index contributed by atoms with van der Waals surface area (Å²) in [5, 5.41) is 1.81. The van der Waals surface area contributed by atoms with Gasteiger partial charge in [-0.1, -0.05) is 0 Å². The van der Waals surface area contributed by atoms with Crippen molar-refractivity contribution in [3.63, 3.8) is 0 Å². The lowest BCUT2D eigenvalue weighted by atomic mass is 9.80. The first-order chi connectivity index (χ1) is 17.7. The number of imide groups is 1. The Balaban J connectivity index is 1.31. The number of fused-ring (bicyclic) bond motifs is 1. The SMILES string of the molecule is CCOC(=O)c1ccc(NC(=O)COC(=O)c2ccc(N3C(=O)[C@H]4C[C@H](Cl)[C@@H](Cl)C[C@H]4C3=O)cc2)cc1. The minimum atomic E-state index is -0.748. The third-order valence-electron chi connectivity index (χ3n) is 6.29. The van der Waals surface area contributed by atoms with Gasteiger partial charge in [0.25, 0.3) is 5.91 Å². The first-order valence-corrected chi connectivity index (χ1v) is 12.6. The zero-order chi connectivity index (χ0) is 26.7. The maximum Gasteiger partial charge on any atom is 0.338 e. The fraction of sp³-hybridized carbons (Fsp3) is 0.346. The van der Waals surface area contributed by atoms with Crippen LogP contribution < -0.4 is 10.2 Å². The topological polar surface area (TPSA) is 119 Å². The van der Waals surface area contributed by atoms with Gasteiger partial charge in [0.15, 0.2) is 6.61 Å². The molecule has 3 amide bonds. The summed E-state index contributed by atoms with van der Waals surface area (Å²) in [6.07, 6.45) is 0.674. The number of esters is 2. The third kappa shape index (κ3) is 5.78. The average molecular weight is 547 g/mol. The quantitative estimate of drug-likeness (QED) is 0.319. The summed E-state index contributed by atoms with van der Waals surface area (Å²) in [5.74, 6) is -3.45. The predicted octanol–water partition coefficient (Wildman–Crippen LogP) is 3.77. The van der Waals surface area contributed by atoms with E-state index in [2.05, 4.69) is 5.32 Å². The van der Waals surface area contributed by atoms with E-state index in [1.165, 1.54) is 48.5 Å². The zero-order valence-electron chi connectivity index (χ0n) is 19.8. The largest absolute Gasteiger partial charge is 0.462 e. The van der Waals surface area contributed by atoms with Crippen molar-refractivity contribution in [1.82, 2.24) is 0 Å². The molecule has 37 heavy (non-hydrogen) atoms. The highest BCUT2D eigenvalue weighted by Crippen LogP contribution is 2.43. The molecule has 0 spiro atoms. The Hall–Kier alpha value is -3.43. The van der Waals surface area contributed by atoms with E-state index in [9.17, 15) is 24.0 Å². The van der Waals surface area contributed by atoms with Crippen molar-refractivity contribution in [2.75, 3.05) is 23.4 Å². The zero-order valence-corrected chi connectivity index (χ0v) is 21.3. The molecule has 1 saturated heterocycles. The lowest BCUT2D eigenvalue weighted by Gasteiger charge is -2.28. The number of hydrogen-bond donors (Lipinski definition) is 1. The number of carbonyl (C=O) groups excluding carboxylic acids is 5. The van der Waals surface area contributed by atoms with E-state index in [0.29, 0.717) is 29.8 Å². The Morgan fingerprint density at radius 3 is 1.84 bits per heavy atom. The average Bonchev–Trinajstić information content (AvgIpc) is 3.12. The molecule has 0 radical (unpaired) electrons. The van der Waals surface area contributed by atoms with Crippen LogP contribution in [0.4, 0.5) is 11.4 Å². The van der Waals surface area contributed by atoms with Gasteiger partial charge in [0.2, 0.25) is 11.8 Å². The van der Waals surface area contributed by atoms with Gasteiger partial charge >= 0.3 is 11.9 Å². The summed E-state index contributed by atoms with van der Waals surface area (Å²) in [4.78, 5) is 63.1. The maximum absolute atomic E-state index is 12.9. The molecular formula is C26H24Cl2N2O7. The second kappa shape index (κ2) is 11.3. The van der Waals surface area contributed by atoms with Crippen molar-refractivity contribution in [2.24, 2.45) is 11.8 Å². The van der Waals surface area contributed by atoms with Crippen LogP contribution in [0.25, 0.3) is 0 Å². The van der Waals surface area contributed by atoms with Crippen molar-refractivity contribution < 1.29 is 33.4 Å². The van der Waals surface area contributed by atoms with Gasteiger partial charge in [0.05, 0.1) is 46.0 Å². The highest BCUT2D eigenvalue weighted by molar-refractivity contribution is 6.31. The fourth-order valence-electron chi connectivity index (χ4n) is 4.41. The molecule has 2 aliphatic rings. The maximum atomic E-state index is 12.9. The monoisotopic (exact) mass is 546 g/mol. The molecule has 4 atom stereocenters. The summed E-state index contributed by atoms with van der Waals surface area (Å²) in [6.45, 7) is 1.42. The van der Waals surface area contributed by atoms with Crippen LogP contribution in [0.5, 0.6) is 0 Å². The van der Waals surface area contributed by atoms with Crippen molar-refractivity contribution in [3.05, 3.63) is 59.7 Å². The van der Waals surface area contributed by atoms with Crippen LogP contribution in [0.2, 0.25) is 0 Å². The number of anilines is 2. The van der Waals surface area contributed by atoms with Gasteiger partial charge in [-0.2, -0.15) is 0 Å². The number of ether oxygens (including phenoxy) is 2. The molecular weight excluding hydrogens is 523 g/mol. The molecule has 0 bridgehead atoms. The van der Waals surface area contributed by atoms with Crippen LogP contribution in [-0.4, -0.2) is 53.6 Å². The summed E-state index contributed by atoms with van der Waals surface area (Å²) in [5.41, 5.74) is 1.24.